The van der Waals surface area contributed by atoms with Gasteiger partial charge in [0.1, 0.15) is 11.3 Å². The Morgan fingerprint density at radius 1 is 1.14 bits per heavy atom. The molecule has 1 amide bonds. The van der Waals surface area contributed by atoms with E-state index in [4.69, 9.17) is 4.42 Å². The molecule has 2 fully saturated rings. The van der Waals surface area contributed by atoms with E-state index in [2.05, 4.69) is 15.1 Å². The molecule has 0 radical (unpaired) electrons. The van der Waals surface area contributed by atoms with Crippen LogP contribution in [0.5, 0.6) is 5.75 Å². The summed E-state index contributed by atoms with van der Waals surface area (Å²) in [6.45, 7) is 6.45. The van der Waals surface area contributed by atoms with Crippen molar-refractivity contribution in [3.8, 4) is 5.75 Å². The summed E-state index contributed by atoms with van der Waals surface area (Å²) in [4.78, 5) is 28.4. The average molecular weight is 385 g/mol. The van der Waals surface area contributed by atoms with Gasteiger partial charge in [0.05, 0.1) is 6.54 Å². The minimum absolute atomic E-state index is 0.120. The van der Waals surface area contributed by atoms with E-state index in [1.165, 1.54) is 6.07 Å². The van der Waals surface area contributed by atoms with E-state index in [0.29, 0.717) is 31.1 Å². The molecule has 1 aliphatic carbocycles. The van der Waals surface area contributed by atoms with Gasteiger partial charge in [0.25, 0.3) is 0 Å². The smallest absolute Gasteiger partial charge is 0.336 e. The maximum absolute atomic E-state index is 12.0. The van der Waals surface area contributed by atoms with Crippen molar-refractivity contribution in [2.45, 2.75) is 38.8 Å². The third-order valence-corrected chi connectivity index (χ3v) is 5.58. The number of aromatic hydroxyl groups is 1. The number of carbonyl (C=O) groups excluding carboxylic acids is 1. The van der Waals surface area contributed by atoms with Gasteiger partial charge in [-0.15, -0.1) is 0 Å². The zero-order valence-corrected chi connectivity index (χ0v) is 16.2. The van der Waals surface area contributed by atoms with Crippen LogP contribution in [0.1, 0.15) is 30.9 Å². The summed E-state index contributed by atoms with van der Waals surface area (Å²) in [5, 5.41) is 14.0. The van der Waals surface area contributed by atoms with Crippen molar-refractivity contribution in [3.63, 3.8) is 0 Å². The van der Waals surface area contributed by atoms with E-state index in [-0.39, 0.29) is 11.7 Å². The molecule has 2 aliphatic rings. The molecular weight excluding hydrogens is 358 g/mol. The normalized spacial score (nSPS) is 18.5. The Morgan fingerprint density at radius 3 is 2.54 bits per heavy atom. The Kier molecular flexibility index (Phi) is 5.37. The minimum atomic E-state index is -0.401. The van der Waals surface area contributed by atoms with Crippen molar-refractivity contribution < 1.29 is 14.3 Å². The molecule has 4 rings (SSSR count). The largest absolute Gasteiger partial charge is 0.508 e. The van der Waals surface area contributed by atoms with Gasteiger partial charge in [0.2, 0.25) is 5.91 Å². The summed E-state index contributed by atoms with van der Waals surface area (Å²) in [6, 6.07) is 5.41. The summed E-state index contributed by atoms with van der Waals surface area (Å²) < 4.78 is 5.28. The Balaban J connectivity index is 1.42. The molecule has 7 heteroatoms. The summed E-state index contributed by atoms with van der Waals surface area (Å²) in [5.74, 6) is 0.280. The quantitative estimate of drug-likeness (QED) is 0.732. The lowest BCUT2D eigenvalue weighted by Crippen LogP contribution is -2.49. The van der Waals surface area contributed by atoms with Crippen LogP contribution >= 0.6 is 0 Å². The lowest BCUT2D eigenvalue weighted by atomic mass is 10.0. The molecule has 0 spiro atoms. The maximum Gasteiger partial charge on any atom is 0.336 e. The Hall–Kier alpha value is -2.38. The van der Waals surface area contributed by atoms with Gasteiger partial charge in [-0.05, 0) is 36.5 Å². The molecular formula is C21H27N3O4. The van der Waals surface area contributed by atoms with Crippen LogP contribution in [0.4, 0.5) is 0 Å². The first-order valence-corrected chi connectivity index (χ1v) is 10.0. The second-order valence-corrected chi connectivity index (χ2v) is 7.82. The molecule has 0 unspecified atom stereocenters. The zero-order chi connectivity index (χ0) is 19.7. The highest BCUT2D eigenvalue weighted by Crippen LogP contribution is 2.27. The number of carbonyl (C=O) groups is 1. The Labute approximate surface area is 163 Å². The van der Waals surface area contributed by atoms with Crippen LogP contribution in [-0.2, 0) is 17.8 Å². The van der Waals surface area contributed by atoms with Gasteiger partial charge in [0.15, 0.2) is 0 Å². The molecule has 150 valence electrons. The third kappa shape index (κ3) is 4.36. The molecule has 1 aliphatic heterocycles. The van der Waals surface area contributed by atoms with Gasteiger partial charge in [-0.2, -0.15) is 0 Å². The molecule has 0 atom stereocenters. The van der Waals surface area contributed by atoms with Crippen molar-refractivity contribution in [2.75, 3.05) is 32.7 Å². The number of nitrogens with one attached hydrogen (secondary N) is 1. The number of nitrogens with zero attached hydrogens (tertiary/aromatic N) is 2. The number of aryl methyl sites for hydroxylation is 1. The SMILES string of the molecule is CCc1cc2c(CN3CCN(CC(=O)NC4CC4)CC3)cc(=O)oc2cc1O. The first-order valence-electron chi connectivity index (χ1n) is 10.0. The van der Waals surface area contributed by atoms with Crippen molar-refractivity contribution in [1.29, 1.82) is 0 Å². The van der Waals surface area contributed by atoms with Crippen molar-refractivity contribution in [1.82, 2.24) is 15.1 Å². The minimum Gasteiger partial charge on any atom is -0.508 e. The number of hydrogen-bond donors (Lipinski definition) is 2. The summed E-state index contributed by atoms with van der Waals surface area (Å²) in [5.41, 5.74) is 1.78. The predicted octanol–water partition coefficient (Wildman–Crippen LogP) is 1.46. The topological polar surface area (TPSA) is 86.0 Å². The number of benzene rings is 1. The van der Waals surface area contributed by atoms with Crippen LogP contribution in [0.15, 0.2) is 27.4 Å². The van der Waals surface area contributed by atoms with Crippen LogP contribution in [-0.4, -0.2) is 59.6 Å². The van der Waals surface area contributed by atoms with Crippen LogP contribution < -0.4 is 10.9 Å². The molecule has 2 N–H and O–H groups in total. The molecule has 0 bridgehead atoms. The molecule has 1 saturated heterocycles. The van der Waals surface area contributed by atoms with Gasteiger partial charge < -0.3 is 14.8 Å². The highest BCUT2D eigenvalue weighted by atomic mass is 16.4. The Morgan fingerprint density at radius 2 is 1.86 bits per heavy atom. The summed E-state index contributed by atoms with van der Waals surface area (Å²) in [7, 11) is 0. The predicted molar refractivity (Wildman–Crippen MR) is 106 cm³/mol. The number of piperazine rings is 1. The lowest BCUT2D eigenvalue weighted by molar-refractivity contribution is -0.122. The van der Waals surface area contributed by atoms with Crippen LogP contribution in [0.3, 0.4) is 0 Å². The van der Waals surface area contributed by atoms with Crippen molar-refractivity contribution in [3.05, 3.63) is 39.7 Å². The highest BCUT2D eigenvalue weighted by Gasteiger charge is 2.25. The zero-order valence-electron chi connectivity index (χ0n) is 16.2. The van der Waals surface area contributed by atoms with Gasteiger partial charge >= 0.3 is 5.63 Å². The van der Waals surface area contributed by atoms with E-state index in [9.17, 15) is 14.7 Å². The first kappa shape index (κ1) is 19.0. The van der Waals surface area contributed by atoms with E-state index in [1.54, 1.807) is 6.07 Å². The first-order chi connectivity index (χ1) is 13.5. The van der Waals surface area contributed by atoms with Gasteiger partial charge in [-0.25, -0.2) is 4.79 Å². The molecule has 1 saturated carbocycles. The van der Waals surface area contributed by atoms with Gasteiger partial charge in [0, 0.05) is 56.3 Å². The fourth-order valence-corrected chi connectivity index (χ4v) is 3.77. The summed E-state index contributed by atoms with van der Waals surface area (Å²) in [6.07, 6.45) is 2.92. The van der Waals surface area contributed by atoms with E-state index < -0.39 is 5.63 Å². The van der Waals surface area contributed by atoms with Crippen LogP contribution in [0.2, 0.25) is 0 Å². The van der Waals surface area contributed by atoms with E-state index in [1.807, 2.05) is 13.0 Å². The fraction of sp³-hybridized carbons (Fsp3) is 0.524. The van der Waals surface area contributed by atoms with Crippen molar-refractivity contribution in [2.24, 2.45) is 0 Å². The number of hydrogen-bond acceptors (Lipinski definition) is 6. The highest BCUT2D eigenvalue weighted by molar-refractivity contribution is 5.82. The maximum atomic E-state index is 12.0. The lowest BCUT2D eigenvalue weighted by Gasteiger charge is -2.34. The number of phenolic OH excluding ortho intramolecular Hbond substituents is 1. The monoisotopic (exact) mass is 385 g/mol. The van der Waals surface area contributed by atoms with Crippen LogP contribution in [0.25, 0.3) is 11.0 Å². The second-order valence-electron chi connectivity index (χ2n) is 7.82. The van der Waals surface area contributed by atoms with E-state index in [0.717, 1.165) is 55.5 Å². The van der Waals surface area contributed by atoms with Crippen molar-refractivity contribution >= 4 is 16.9 Å². The number of amides is 1. The molecule has 1 aromatic carbocycles. The molecule has 7 nitrogen and oxygen atoms in total. The third-order valence-electron chi connectivity index (χ3n) is 5.58. The number of fused-ring (bicyclic) bond motifs is 1. The van der Waals surface area contributed by atoms with Gasteiger partial charge in [-0.1, -0.05) is 6.92 Å². The molecule has 2 heterocycles. The number of rotatable bonds is 6. The Bertz CT molecular complexity index is 927. The number of phenols is 1. The summed E-state index contributed by atoms with van der Waals surface area (Å²) >= 11 is 0. The second kappa shape index (κ2) is 7.93. The molecule has 28 heavy (non-hydrogen) atoms. The van der Waals surface area contributed by atoms with Crippen LogP contribution in [0, 0.1) is 0 Å². The van der Waals surface area contributed by atoms with E-state index >= 15 is 0 Å². The standard InChI is InChI=1S/C21H27N3O4/c1-2-14-9-17-15(10-21(27)28-19(17)11-18(14)25)12-23-5-7-24(8-6-23)13-20(26)22-16-3-4-16/h9-11,16,25H,2-8,12-13H2,1H3,(H,22,26). The fourth-order valence-electron chi connectivity index (χ4n) is 3.77. The average Bonchev–Trinajstić information content (AvgIpc) is 3.46. The molecule has 2 aromatic rings. The van der Waals surface area contributed by atoms with Gasteiger partial charge in [-0.3, -0.25) is 14.6 Å². The molecule has 1 aromatic heterocycles.